The molecule has 1 aromatic carbocycles. The molecule has 3 N–H and O–H groups in total. The van der Waals surface area contributed by atoms with Crippen LogP contribution in [0.5, 0.6) is 0 Å². The SMILES string of the molecule is Cc1cc(N)n(CC(=O)N2C[C@@H]3CNC[C@@H]3[C@@H]2c2cccc(F)c2)n1. The van der Waals surface area contributed by atoms with E-state index >= 15 is 0 Å². The first-order valence-electron chi connectivity index (χ1n) is 8.58. The van der Waals surface area contributed by atoms with Crippen molar-refractivity contribution in [1.29, 1.82) is 0 Å². The van der Waals surface area contributed by atoms with E-state index in [1.165, 1.54) is 16.8 Å². The minimum atomic E-state index is -0.272. The number of nitrogens with zero attached hydrogens (tertiary/aromatic N) is 3. The molecule has 25 heavy (non-hydrogen) atoms. The van der Waals surface area contributed by atoms with Gasteiger partial charge >= 0.3 is 0 Å². The Bertz CT molecular complexity index is 805. The van der Waals surface area contributed by atoms with Crippen LogP contribution in [0.4, 0.5) is 10.2 Å². The number of nitrogens with one attached hydrogen (secondary N) is 1. The fourth-order valence-corrected chi connectivity index (χ4v) is 4.21. The number of fused-ring (bicyclic) bond motifs is 1. The molecule has 1 amide bonds. The fourth-order valence-electron chi connectivity index (χ4n) is 4.21. The van der Waals surface area contributed by atoms with Crippen molar-refractivity contribution in [2.75, 3.05) is 25.4 Å². The highest BCUT2D eigenvalue weighted by Gasteiger charge is 2.46. The number of aryl methyl sites for hydroxylation is 1. The Hall–Kier alpha value is -2.41. The molecule has 2 fully saturated rings. The third-order valence-electron chi connectivity index (χ3n) is 5.29. The highest BCUT2D eigenvalue weighted by Crippen LogP contribution is 2.42. The molecule has 2 saturated heterocycles. The summed E-state index contributed by atoms with van der Waals surface area (Å²) in [5, 5.41) is 7.67. The standard InChI is InChI=1S/C18H22FN5O/c1-11-5-16(20)24(22-11)10-17(25)23-9-13-7-21-8-15(13)18(23)12-3-2-4-14(19)6-12/h2-6,13,15,18,21H,7-10,20H2,1H3/t13-,15-,18-/m0/s1. The maximum Gasteiger partial charge on any atom is 0.244 e. The van der Waals surface area contributed by atoms with E-state index in [1.54, 1.807) is 12.1 Å². The first-order chi connectivity index (χ1) is 12.0. The van der Waals surface area contributed by atoms with Crippen LogP contribution >= 0.6 is 0 Å². The number of likely N-dealkylation sites (tertiary alicyclic amines) is 1. The molecule has 0 saturated carbocycles. The average Bonchev–Trinajstić information content (AvgIpc) is 3.21. The largest absolute Gasteiger partial charge is 0.384 e. The Kier molecular flexibility index (Phi) is 3.95. The number of aromatic nitrogens is 2. The van der Waals surface area contributed by atoms with E-state index < -0.39 is 0 Å². The summed E-state index contributed by atoms with van der Waals surface area (Å²) in [5.41, 5.74) is 7.56. The number of anilines is 1. The average molecular weight is 343 g/mol. The Balaban J connectivity index is 1.62. The molecule has 0 aliphatic carbocycles. The van der Waals surface area contributed by atoms with Gasteiger partial charge in [0.25, 0.3) is 0 Å². The molecule has 2 aliphatic rings. The van der Waals surface area contributed by atoms with Gasteiger partial charge in [-0.3, -0.25) is 4.79 Å². The van der Waals surface area contributed by atoms with Gasteiger partial charge in [-0.15, -0.1) is 0 Å². The third-order valence-corrected chi connectivity index (χ3v) is 5.29. The summed E-state index contributed by atoms with van der Waals surface area (Å²) in [5.74, 6) is 0.885. The molecular formula is C18H22FN5O. The summed E-state index contributed by atoms with van der Waals surface area (Å²) in [6, 6.07) is 8.22. The Labute approximate surface area is 145 Å². The zero-order valence-corrected chi connectivity index (χ0v) is 14.2. The number of nitrogen functional groups attached to an aromatic ring is 1. The first kappa shape index (κ1) is 16.1. The fraction of sp³-hybridized carbons (Fsp3) is 0.444. The molecule has 0 radical (unpaired) electrons. The van der Waals surface area contributed by atoms with Crippen molar-refractivity contribution in [3.05, 3.63) is 47.4 Å². The monoisotopic (exact) mass is 343 g/mol. The van der Waals surface area contributed by atoms with E-state index in [0.717, 1.165) is 24.3 Å². The summed E-state index contributed by atoms with van der Waals surface area (Å²) in [6.45, 7) is 4.37. The molecule has 4 rings (SSSR count). The van der Waals surface area contributed by atoms with E-state index in [1.807, 2.05) is 17.9 Å². The summed E-state index contributed by atoms with van der Waals surface area (Å²) in [7, 11) is 0. The molecule has 6 nitrogen and oxygen atoms in total. The lowest BCUT2D eigenvalue weighted by Crippen LogP contribution is -2.37. The zero-order chi connectivity index (χ0) is 17.6. The molecule has 3 atom stereocenters. The summed E-state index contributed by atoms with van der Waals surface area (Å²) >= 11 is 0. The normalized spacial score (nSPS) is 25.4. The van der Waals surface area contributed by atoms with E-state index in [0.29, 0.717) is 24.2 Å². The minimum Gasteiger partial charge on any atom is -0.384 e. The van der Waals surface area contributed by atoms with E-state index in [9.17, 15) is 9.18 Å². The summed E-state index contributed by atoms with van der Waals surface area (Å²) in [6.07, 6.45) is 0. The molecule has 2 aromatic rings. The molecule has 7 heteroatoms. The van der Waals surface area contributed by atoms with Gasteiger partial charge in [0.05, 0.1) is 11.7 Å². The quantitative estimate of drug-likeness (QED) is 0.882. The van der Waals surface area contributed by atoms with Crippen LogP contribution in [0.1, 0.15) is 17.3 Å². The number of hydrogen-bond acceptors (Lipinski definition) is 4. The van der Waals surface area contributed by atoms with Gasteiger partial charge < -0.3 is 16.0 Å². The highest BCUT2D eigenvalue weighted by atomic mass is 19.1. The minimum absolute atomic E-state index is 0.0292. The number of amides is 1. The van der Waals surface area contributed by atoms with Crippen molar-refractivity contribution in [3.8, 4) is 0 Å². The molecule has 3 heterocycles. The number of carbonyl (C=O) groups is 1. The van der Waals surface area contributed by atoms with Gasteiger partial charge in [-0.2, -0.15) is 5.10 Å². The molecular weight excluding hydrogens is 321 g/mol. The molecule has 0 unspecified atom stereocenters. The van der Waals surface area contributed by atoms with Crippen molar-refractivity contribution < 1.29 is 9.18 Å². The smallest absolute Gasteiger partial charge is 0.244 e. The maximum absolute atomic E-state index is 13.7. The lowest BCUT2D eigenvalue weighted by molar-refractivity contribution is -0.133. The van der Waals surface area contributed by atoms with Crippen LogP contribution in [-0.2, 0) is 11.3 Å². The predicted molar refractivity (Wildman–Crippen MR) is 92.1 cm³/mol. The Morgan fingerprint density at radius 1 is 1.40 bits per heavy atom. The number of nitrogens with two attached hydrogens (primary N) is 1. The molecule has 2 aliphatic heterocycles. The molecule has 1 aromatic heterocycles. The molecule has 0 bridgehead atoms. The lowest BCUT2D eigenvalue weighted by Gasteiger charge is -2.28. The second-order valence-electron chi connectivity index (χ2n) is 7.00. The van der Waals surface area contributed by atoms with Crippen molar-refractivity contribution >= 4 is 11.7 Å². The molecule has 0 spiro atoms. The number of halogens is 1. The maximum atomic E-state index is 13.7. The van der Waals surface area contributed by atoms with Crippen molar-refractivity contribution in [3.63, 3.8) is 0 Å². The van der Waals surface area contributed by atoms with Crippen LogP contribution in [0, 0.1) is 24.6 Å². The number of hydrogen-bond donors (Lipinski definition) is 2. The first-order valence-corrected chi connectivity index (χ1v) is 8.58. The zero-order valence-electron chi connectivity index (χ0n) is 14.2. The Morgan fingerprint density at radius 3 is 2.96 bits per heavy atom. The number of carbonyl (C=O) groups excluding carboxylic acids is 1. The number of rotatable bonds is 3. The van der Waals surface area contributed by atoms with Crippen LogP contribution in [-0.4, -0.2) is 40.2 Å². The van der Waals surface area contributed by atoms with Gasteiger partial charge in [-0.05, 0) is 30.5 Å². The second kappa shape index (κ2) is 6.15. The lowest BCUT2D eigenvalue weighted by atomic mass is 9.89. The van der Waals surface area contributed by atoms with Crippen LogP contribution in [0.15, 0.2) is 30.3 Å². The summed E-state index contributed by atoms with van der Waals surface area (Å²) in [4.78, 5) is 14.8. The predicted octanol–water partition coefficient (Wildman–Crippen LogP) is 1.33. The molecule has 132 valence electrons. The number of benzene rings is 1. The van der Waals surface area contributed by atoms with Crippen LogP contribution in [0.3, 0.4) is 0 Å². The van der Waals surface area contributed by atoms with Crippen molar-refractivity contribution in [1.82, 2.24) is 20.0 Å². The van der Waals surface area contributed by atoms with Crippen molar-refractivity contribution in [2.45, 2.75) is 19.5 Å². The van der Waals surface area contributed by atoms with E-state index in [2.05, 4.69) is 10.4 Å². The van der Waals surface area contributed by atoms with Gasteiger partial charge in [-0.25, -0.2) is 9.07 Å². The van der Waals surface area contributed by atoms with Gasteiger partial charge in [0.15, 0.2) is 0 Å². The van der Waals surface area contributed by atoms with Gasteiger partial charge in [0.1, 0.15) is 18.2 Å². The van der Waals surface area contributed by atoms with Gasteiger partial charge in [-0.1, -0.05) is 12.1 Å². The summed E-state index contributed by atoms with van der Waals surface area (Å²) < 4.78 is 15.3. The van der Waals surface area contributed by atoms with Crippen LogP contribution in [0.25, 0.3) is 0 Å². The van der Waals surface area contributed by atoms with Gasteiger partial charge in [0, 0.05) is 31.6 Å². The second-order valence-corrected chi connectivity index (χ2v) is 7.00. The van der Waals surface area contributed by atoms with Crippen LogP contribution < -0.4 is 11.1 Å². The van der Waals surface area contributed by atoms with E-state index in [-0.39, 0.29) is 24.3 Å². The topological polar surface area (TPSA) is 76.2 Å². The van der Waals surface area contributed by atoms with E-state index in [4.69, 9.17) is 5.73 Å². The van der Waals surface area contributed by atoms with Crippen LogP contribution in [0.2, 0.25) is 0 Å². The third kappa shape index (κ3) is 2.89. The van der Waals surface area contributed by atoms with Gasteiger partial charge in [0.2, 0.25) is 5.91 Å². The van der Waals surface area contributed by atoms with Crippen molar-refractivity contribution in [2.24, 2.45) is 11.8 Å². The Morgan fingerprint density at radius 2 is 2.24 bits per heavy atom. The highest BCUT2D eigenvalue weighted by molar-refractivity contribution is 5.77.